The minimum absolute atomic E-state index is 0.0366. The van der Waals surface area contributed by atoms with Gasteiger partial charge in [0.2, 0.25) is 0 Å². The zero-order chi connectivity index (χ0) is 7.23. The maximum Gasteiger partial charge on any atom is -0.0292 e. The second-order valence-corrected chi connectivity index (χ2v) is 2.29. The fourth-order valence-corrected chi connectivity index (χ4v) is 0.921. The molecular formula is C9H11O-. The van der Waals surface area contributed by atoms with Gasteiger partial charge < -0.3 is 5.11 Å². The Morgan fingerprint density at radius 2 is 1.80 bits per heavy atom. The quantitative estimate of drug-likeness (QED) is 0.606. The first kappa shape index (κ1) is 7.29. The predicted molar refractivity (Wildman–Crippen MR) is 39.6 cm³/mol. The second kappa shape index (κ2) is 4.07. The van der Waals surface area contributed by atoms with Crippen molar-refractivity contribution in [2.75, 3.05) is 6.61 Å². The van der Waals surface area contributed by atoms with Gasteiger partial charge in [0.1, 0.15) is 0 Å². The summed E-state index contributed by atoms with van der Waals surface area (Å²) in [5.41, 5.74) is 1.26. The Hall–Kier alpha value is -0.820. The molecule has 0 N–H and O–H groups in total. The highest BCUT2D eigenvalue weighted by molar-refractivity contribution is 5.14. The zero-order valence-corrected chi connectivity index (χ0v) is 5.92. The third-order valence-electron chi connectivity index (χ3n) is 1.45. The van der Waals surface area contributed by atoms with Gasteiger partial charge in [-0.1, -0.05) is 36.8 Å². The molecule has 1 nitrogen and oxygen atoms in total. The molecule has 0 aliphatic heterocycles. The first-order valence-electron chi connectivity index (χ1n) is 3.55. The normalized spacial score (nSPS) is 9.70. The van der Waals surface area contributed by atoms with Crippen LogP contribution in [0.3, 0.4) is 0 Å². The Morgan fingerprint density at radius 3 is 2.40 bits per heavy atom. The molecular weight excluding hydrogens is 124 g/mol. The zero-order valence-electron chi connectivity index (χ0n) is 5.92. The first-order chi connectivity index (χ1) is 4.93. The van der Waals surface area contributed by atoms with Gasteiger partial charge >= 0.3 is 0 Å². The topological polar surface area (TPSA) is 23.1 Å². The van der Waals surface area contributed by atoms with Gasteiger partial charge in [0.15, 0.2) is 0 Å². The number of aryl methyl sites for hydroxylation is 1. The van der Waals surface area contributed by atoms with E-state index in [9.17, 15) is 5.11 Å². The number of hydrogen-bond donors (Lipinski definition) is 0. The molecule has 0 spiro atoms. The van der Waals surface area contributed by atoms with Crippen molar-refractivity contribution in [1.29, 1.82) is 0 Å². The number of hydrogen-bond acceptors (Lipinski definition) is 1. The number of benzene rings is 1. The van der Waals surface area contributed by atoms with E-state index in [2.05, 4.69) is 12.1 Å². The van der Waals surface area contributed by atoms with E-state index in [1.165, 1.54) is 5.56 Å². The summed E-state index contributed by atoms with van der Waals surface area (Å²) < 4.78 is 0. The van der Waals surface area contributed by atoms with Crippen molar-refractivity contribution in [3.05, 3.63) is 35.9 Å². The predicted octanol–water partition coefficient (Wildman–Crippen LogP) is 0.979. The highest BCUT2D eigenvalue weighted by Crippen LogP contribution is 2.00. The van der Waals surface area contributed by atoms with Crippen molar-refractivity contribution in [3.8, 4) is 0 Å². The lowest BCUT2D eigenvalue weighted by atomic mass is 10.1. The van der Waals surface area contributed by atoms with Crippen LogP contribution in [0.1, 0.15) is 12.0 Å². The monoisotopic (exact) mass is 135 g/mol. The Morgan fingerprint density at radius 1 is 1.10 bits per heavy atom. The molecule has 1 heteroatoms. The van der Waals surface area contributed by atoms with Crippen molar-refractivity contribution < 1.29 is 5.11 Å². The molecule has 0 aliphatic rings. The third-order valence-corrected chi connectivity index (χ3v) is 1.45. The Bertz CT molecular complexity index is 169. The lowest BCUT2D eigenvalue weighted by molar-refractivity contribution is -0.368. The molecule has 0 aliphatic carbocycles. The molecule has 0 saturated carbocycles. The molecule has 0 aromatic heterocycles. The van der Waals surface area contributed by atoms with Crippen LogP contribution in [-0.4, -0.2) is 6.61 Å². The smallest absolute Gasteiger partial charge is 0.0292 e. The van der Waals surface area contributed by atoms with Crippen LogP contribution in [-0.2, 0) is 6.42 Å². The van der Waals surface area contributed by atoms with Crippen LogP contribution in [0.25, 0.3) is 0 Å². The van der Waals surface area contributed by atoms with Gasteiger partial charge in [-0.15, -0.1) is 6.61 Å². The summed E-state index contributed by atoms with van der Waals surface area (Å²) in [7, 11) is 0. The van der Waals surface area contributed by atoms with Crippen LogP contribution in [0.4, 0.5) is 0 Å². The molecule has 1 rings (SSSR count). The van der Waals surface area contributed by atoms with Gasteiger partial charge in [0.05, 0.1) is 0 Å². The molecule has 0 fully saturated rings. The van der Waals surface area contributed by atoms with Crippen molar-refractivity contribution >= 4 is 0 Å². The van der Waals surface area contributed by atoms with Crippen molar-refractivity contribution in [1.82, 2.24) is 0 Å². The molecule has 0 radical (unpaired) electrons. The summed E-state index contributed by atoms with van der Waals surface area (Å²) in [6.45, 7) is 0.0366. The summed E-state index contributed by atoms with van der Waals surface area (Å²) >= 11 is 0. The molecule has 0 unspecified atom stereocenters. The standard InChI is InChI=1S/C9H11O/c10-8-4-7-9-5-2-1-3-6-9/h1-3,5-6H,4,7-8H2/q-1. The van der Waals surface area contributed by atoms with E-state index >= 15 is 0 Å². The first-order valence-corrected chi connectivity index (χ1v) is 3.55. The Kier molecular flexibility index (Phi) is 2.97. The largest absolute Gasteiger partial charge is 0.854 e. The highest BCUT2D eigenvalue weighted by atomic mass is 16.2. The van der Waals surface area contributed by atoms with Gasteiger partial charge in [-0.3, -0.25) is 0 Å². The van der Waals surface area contributed by atoms with Crippen molar-refractivity contribution in [2.24, 2.45) is 0 Å². The summed E-state index contributed by atoms with van der Waals surface area (Å²) in [4.78, 5) is 0. The van der Waals surface area contributed by atoms with E-state index in [-0.39, 0.29) is 6.61 Å². The van der Waals surface area contributed by atoms with Crippen LogP contribution in [0.2, 0.25) is 0 Å². The van der Waals surface area contributed by atoms with Crippen LogP contribution in [0.15, 0.2) is 30.3 Å². The fraction of sp³-hybridized carbons (Fsp3) is 0.333. The van der Waals surface area contributed by atoms with E-state index in [0.29, 0.717) is 0 Å². The maximum atomic E-state index is 10.1. The molecule has 0 atom stereocenters. The van der Waals surface area contributed by atoms with Crippen molar-refractivity contribution in [3.63, 3.8) is 0 Å². The molecule has 0 bridgehead atoms. The molecule has 54 valence electrons. The van der Waals surface area contributed by atoms with E-state index in [0.717, 1.165) is 12.8 Å². The third kappa shape index (κ3) is 2.19. The van der Waals surface area contributed by atoms with Crippen LogP contribution in [0, 0.1) is 0 Å². The maximum absolute atomic E-state index is 10.1. The molecule has 0 heterocycles. The number of rotatable bonds is 3. The fourth-order valence-electron chi connectivity index (χ4n) is 0.921. The molecule has 10 heavy (non-hydrogen) atoms. The van der Waals surface area contributed by atoms with E-state index in [1.54, 1.807) is 0 Å². The molecule has 1 aromatic carbocycles. The Labute approximate surface area is 61.3 Å². The lowest BCUT2D eigenvalue weighted by Gasteiger charge is -2.02. The van der Waals surface area contributed by atoms with Crippen molar-refractivity contribution in [2.45, 2.75) is 12.8 Å². The molecule has 1 aromatic rings. The second-order valence-electron chi connectivity index (χ2n) is 2.29. The van der Waals surface area contributed by atoms with Gasteiger partial charge in [0, 0.05) is 0 Å². The van der Waals surface area contributed by atoms with Crippen LogP contribution in [0.5, 0.6) is 0 Å². The summed E-state index contributed by atoms with van der Waals surface area (Å²) in [6, 6.07) is 10.1. The minimum Gasteiger partial charge on any atom is -0.854 e. The summed E-state index contributed by atoms with van der Waals surface area (Å²) in [5.74, 6) is 0. The van der Waals surface area contributed by atoms with Gasteiger partial charge in [-0.05, 0) is 12.0 Å². The van der Waals surface area contributed by atoms with E-state index < -0.39 is 0 Å². The van der Waals surface area contributed by atoms with Gasteiger partial charge in [-0.25, -0.2) is 0 Å². The SMILES string of the molecule is [O-]CCCc1ccccc1. The van der Waals surface area contributed by atoms with Gasteiger partial charge in [0.25, 0.3) is 0 Å². The Balaban J connectivity index is 2.43. The summed E-state index contributed by atoms with van der Waals surface area (Å²) in [6.07, 6.45) is 1.67. The van der Waals surface area contributed by atoms with E-state index in [4.69, 9.17) is 0 Å². The summed E-state index contributed by atoms with van der Waals surface area (Å²) in [5, 5.41) is 10.1. The average molecular weight is 135 g/mol. The van der Waals surface area contributed by atoms with Gasteiger partial charge in [-0.2, -0.15) is 0 Å². The molecule has 0 amide bonds. The van der Waals surface area contributed by atoms with Crippen LogP contribution < -0.4 is 5.11 Å². The van der Waals surface area contributed by atoms with E-state index in [1.807, 2.05) is 18.2 Å². The van der Waals surface area contributed by atoms with Crippen LogP contribution >= 0.6 is 0 Å². The highest BCUT2D eigenvalue weighted by Gasteiger charge is 1.85. The minimum atomic E-state index is 0.0366. The lowest BCUT2D eigenvalue weighted by Crippen LogP contribution is -2.05. The average Bonchev–Trinajstić information content (AvgIpc) is 2.03. The molecule has 0 saturated heterocycles.